The van der Waals surface area contributed by atoms with E-state index in [0.717, 1.165) is 30.2 Å². The number of rotatable bonds is 5. The average molecular weight is 249 g/mol. The normalized spacial score (nSPS) is 15.8. The summed E-state index contributed by atoms with van der Waals surface area (Å²) >= 11 is 0. The van der Waals surface area contributed by atoms with Gasteiger partial charge in [0, 0.05) is 11.5 Å². The van der Waals surface area contributed by atoms with Crippen molar-refractivity contribution in [3.05, 3.63) is 23.4 Å². The van der Waals surface area contributed by atoms with Crippen molar-refractivity contribution < 1.29 is 9.84 Å². The highest BCUT2D eigenvalue weighted by Gasteiger charge is 2.21. The standard InChI is InChI=1S/C15H23NO2/c1-15(2,3)13-8-12(10-17)9-14(16-13)18-7-6-11-4-5-11/h8-9,11,17H,4-7,10H2,1-3H3. The zero-order valence-corrected chi connectivity index (χ0v) is 11.6. The summed E-state index contributed by atoms with van der Waals surface area (Å²) in [5, 5.41) is 9.29. The topological polar surface area (TPSA) is 42.4 Å². The number of hydrogen-bond donors (Lipinski definition) is 1. The van der Waals surface area contributed by atoms with Gasteiger partial charge in [0.1, 0.15) is 0 Å². The average Bonchev–Trinajstić information content (AvgIpc) is 3.11. The van der Waals surface area contributed by atoms with Gasteiger partial charge in [0.05, 0.1) is 18.9 Å². The third kappa shape index (κ3) is 3.70. The minimum Gasteiger partial charge on any atom is -0.478 e. The molecule has 0 aliphatic heterocycles. The minimum absolute atomic E-state index is 0.0280. The molecule has 1 N–H and O–H groups in total. The molecule has 1 saturated carbocycles. The van der Waals surface area contributed by atoms with Crippen molar-refractivity contribution in [3.63, 3.8) is 0 Å². The predicted molar refractivity (Wildman–Crippen MR) is 71.7 cm³/mol. The van der Waals surface area contributed by atoms with Crippen LogP contribution in [0.25, 0.3) is 0 Å². The Morgan fingerprint density at radius 2 is 2.06 bits per heavy atom. The van der Waals surface area contributed by atoms with Crippen molar-refractivity contribution in [2.45, 2.75) is 52.1 Å². The zero-order chi connectivity index (χ0) is 13.2. The lowest BCUT2D eigenvalue weighted by Crippen LogP contribution is -2.15. The maximum atomic E-state index is 9.29. The van der Waals surface area contributed by atoms with Gasteiger partial charge in [-0.25, -0.2) is 4.98 Å². The van der Waals surface area contributed by atoms with Crippen LogP contribution in [0.2, 0.25) is 0 Å². The molecule has 0 amide bonds. The van der Waals surface area contributed by atoms with Crippen LogP contribution in [0.4, 0.5) is 0 Å². The fourth-order valence-corrected chi connectivity index (χ4v) is 1.85. The van der Waals surface area contributed by atoms with Gasteiger partial charge < -0.3 is 9.84 Å². The molecule has 0 aromatic carbocycles. The molecule has 18 heavy (non-hydrogen) atoms. The highest BCUT2D eigenvalue weighted by atomic mass is 16.5. The quantitative estimate of drug-likeness (QED) is 0.872. The Balaban J connectivity index is 2.07. The van der Waals surface area contributed by atoms with Crippen LogP contribution in [0.1, 0.15) is 51.3 Å². The highest BCUT2D eigenvalue weighted by molar-refractivity contribution is 5.28. The molecule has 1 fully saturated rings. The smallest absolute Gasteiger partial charge is 0.213 e. The second-order valence-electron chi connectivity index (χ2n) is 6.19. The number of hydrogen-bond acceptors (Lipinski definition) is 3. The largest absolute Gasteiger partial charge is 0.478 e. The van der Waals surface area contributed by atoms with Crippen molar-refractivity contribution in [3.8, 4) is 5.88 Å². The number of aliphatic hydroxyl groups is 1. The number of pyridine rings is 1. The summed E-state index contributed by atoms with van der Waals surface area (Å²) in [5.74, 6) is 1.51. The summed E-state index contributed by atoms with van der Waals surface area (Å²) in [6, 6.07) is 3.79. The molecule has 2 rings (SSSR count). The van der Waals surface area contributed by atoms with Gasteiger partial charge in [-0.3, -0.25) is 0 Å². The fraction of sp³-hybridized carbons (Fsp3) is 0.667. The van der Waals surface area contributed by atoms with E-state index in [1.54, 1.807) is 0 Å². The first-order chi connectivity index (χ1) is 8.49. The molecule has 1 aliphatic rings. The van der Waals surface area contributed by atoms with Crippen LogP contribution in [-0.4, -0.2) is 16.7 Å². The Kier molecular flexibility index (Phi) is 3.91. The third-order valence-electron chi connectivity index (χ3n) is 3.29. The number of nitrogens with zero attached hydrogens (tertiary/aromatic N) is 1. The number of aromatic nitrogens is 1. The van der Waals surface area contributed by atoms with E-state index in [1.807, 2.05) is 12.1 Å². The summed E-state index contributed by atoms with van der Waals surface area (Å²) in [6.45, 7) is 7.11. The third-order valence-corrected chi connectivity index (χ3v) is 3.29. The molecule has 1 aliphatic carbocycles. The lowest BCUT2D eigenvalue weighted by Gasteiger charge is -2.19. The van der Waals surface area contributed by atoms with Gasteiger partial charge >= 0.3 is 0 Å². The van der Waals surface area contributed by atoms with Crippen molar-refractivity contribution >= 4 is 0 Å². The van der Waals surface area contributed by atoms with E-state index in [2.05, 4.69) is 25.8 Å². The van der Waals surface area contributed by atoms with E-state index in [0.29, 0.717) is 5.88 Å². The molecule has 100 valence electrons. The molecule has 1 heterocycles. The number of ether oxygens (including phenoxy) is 1. The molecule has 0 saturated heterocycles. The van der Waals surface area contributed by atoms with E-state index in [4.69, 9.17) is 4.74 Å². The van der Waals surface area contributed by atoms with Gasteiger partial charge in [-0.2, -0.15) is 0 Å². The highest BCUT2D eigenvalue weighted by Crippen LogP contribution is 2.32. The van der Waals surface area contributed by atoms with Crippen molar-refractivity contribution in [2.75, 3.05) is 6.61 Å². The Labute approximate surface area is 109 Å². The molecule has 0 bridgehead atoms. The van der Waals surface area contributed by atoms with Gasteiger partial charge in [0.15, 0.2) is 0 Å². The van der Waals surface area contributed by atoms with Crippen LogP contribution >= 0.6 is 0 Å². The van der Waals surface area contributed by atoms with Gasteiger partial charge in [-0.1, -0.05) is 33.6 Å². The number of aliphatic hydroxyl groups excluding tert-OH is 1. The molecular weight excluding hydrogens is 226 g/mol. The monoisotopic (exact) mass is 249 g/mol. The van der Waals surface area contributed by atoms with E-state index in [9.17, 15) is 5.11 Å². The Hall–Kier alpha value is -1.09. The van der Waals surface area contributed by atoms with Crippen molar-refractivity contribution in [2.24, 2.45) is 5.92 Å². The molecule has 0 atom stereocenters. The maximum absolute atomic E-state index is 9.29. The first-order valence-electron chi connectivity index (χ1n) is 6.74. The fourth-order valence-electron chi connectivity index (χ4n) is 1.85. The molecular formula is C15H23NO2. The predicted octanol–water partition coefficient (Wildman–Crippen LogP) is 3.05. The van der Waals surface area contributed by atoms with E-state index >= 15 is 0 Å². The summed E-state index contributed by atoms with van der Waals surface area (Å²) in [6.07, 6.45) is 3.82. The molecule has 3 nitrogen and oxygen atoms in total. The minimum atomic E-state index is -0.0280. The summed E-state index contributed by atoms with van der Waals surface area (Å²) < 4.78 is 5.71. The van der Waals surface area contributed by atoms with E-state index in [1.165, 1.54) is 12.8 Å². The molecule has 1 aromatic rings. The SMILES string of the molecule is CC(C)(C)c1cc(CO)cc(OCCC2CC2)n1. The van der Waals surface area contributed by atoms with Gasteiger partial charge in [-0.05, 0) is 24.0 Å². The lowest BCUT2D eigenvalue weighted by molar-refractivity contribution is 0.272. The lowest BCUT2D eigenvalue weighted by atomic mass is 9.91. The van der Waals surface area contributed by atoms with Crippen LogP contribution in [0.5, 0.6) is 5.88 Å². The second kappa shape index (κ2) is 5.27. The Morgan fingerprint density at radius 1 is 1.33 bits per heavy atom. The van der Waals surface area contributed by atoms with Gasteiger partial charge in [0.2, 0.25) is 5.88 Å². The molecule has 3 heteroatoms. The second-order valence-corrected chi connectivity index (χ2v) is 6.19. The van der Waals surface area contributed by atoms with Crippen LogP contribution < -0.4 is 4.74 Å². The van der Waals surface area contributed by atoms with Crippen molar-refractivity contribution in [1.82, 2.24) is 4.98 Å². The van der Waals surface area contributed by atoms with Gasteiger partial charge in [-0.15, -0.1) is 0 Å². The van der Waals surface area contributed by atoms with E-state index < -0.39 is 0 Å². The van der Waals surface area contributed by atoms with Gasteiger partial charge in [0.25, 0.3) is 0 Å². The molecule has 0 spiro atoms. The molecule has 1 aromatic heterocycles. The Morgan fingerprint density at radius 3 is 2.61 bits per heavy atom. The summed E-state index contributed by atoms with van der Waals surface area (Å²) in [7, 11) is 0. The van der Waals surface area contributed by atoms with E-state index in [-0.39, 0.29) is 12.0 Å². The Bertz CT molecular complexity index is 405. The molecule has 0 unspecified atom stereocenters. The van der Waals surface area contributed by atoms with Crippen LogP contribution in [0.3, 0.4) is 0 Å². The maximum Gasteiger partial charge on any atom is 0.213 e. The first kappa shape index (κ1) is 13.3. The van der Waals surface area contributed by atoms with Crippen LogP contribution in [0, 0.1) is 5.92 Å². The van der Waals surface area contributed by atoms with Crippen LogP contribution in [0.15, 0.2) is 12.1 Å². The molecule has 0 radical (unpaired) electrons. The zero-order valence-electron chi connectivity index (χ0n) is 11.6. The summed E-state index contributed by atoms with van der Waals surface area (Å²) in [5.41, 5.74) is 1.81. The van der Waals surface area contributed by atoms with Crippen molar-refractivity contribution in [1.29, 1.82) is 0 Å². The van der Waals surface area contributed by atoms with Crippen LogP contribution in [-0.2, 0) is 12.0 Å². The summed E-state index contributed by atoms with van der Waals surface area (Å²) in [4.78, 5) is 4.54. The first-order valence-corrected chi connectivity index (χ1v) is 6.74.